The summed E-state index contributed by atoms with van der Waals surface area (Å²) in [7, 11) is 0. The lowest BCUT2D eigenvalue weighted by molar-refractivity contribution is 0.474. The highest BCUT2D eigenvalue weighted by molar-refractivity contribution is 5.59. The summed E-state index contributed by atoms with van der Waals surface area (Å²) in [5.74, 6) is 1.06. The van der Waals surface area contributed by atoms with Crippen LogP contribution in [0.25, 0.3) is 17.3 Å². The Hall–Kier alpha value is -2.70. The van der Waals surface area contributed by atoms with Crippen LogP contribution in [-0.2, 0) is 0 Å². The van der Waals surface area contributed by atoms with E-state index in [-0.39, 0.29) is 5.75 Å². The Morgan fingerprint density at radius 3 is 2.94 bits per heavy atom. The van der Waals surface area contributed by atoms with Crippen LogP contribution in [0.1, 0.15) is 0 Å². The van der Waals surface area contributed by atoms with Crippen molar-refractivity contribution in [2.45, 2.75) is 0 Å². The molecule has 0 spiro atoms. The van der Waals surface area contributed by atoms with Crippen molar-refractivity contribution in [3.05, 3.63) is 30.6 Å². The first-order chi connectivity index (χ1) is 8.24. The first-order valence-corrected chi connectivity index (χ1v) is 4.87. The molecule has 7 heteroatoms. The van der Waals surface area contributed by atoms with Gasteiger partial charge in [-0.15, -0.1) is 5.10 Å². The van der Waals surface area contributed by atoms with Crippen molar-refractivity contribution >= 4 is 11.6 Å². The highest BCUT2D eigenvalue weighted by Gasteiger charge is 2.12. The Labute approximate surface area is 95.6 Å². The van der Waals surface area contributed by atoms with E-state index in [0.29, 0.717) is 23.1 Å². The molecule has 0 saturated carbocycles. The van der Waals surface area contributed by atoms with E-state index in [9.17, 15) is 5.11 Å². The SMILES string of the molecule is Nc1ccn2nc(-c3ncccc3O)nc2n1. The number of hydrogen-bond donors (Lipinski definition) is 2. The third-order valence-electron chi connectivity index (χ3n) is 2.23. The van der Waals surface area contributed by atoms with Gasteiger partial charge in [0.1, 0.15) is 11.6 Å². The van der Waals surface area contributed by atoms with Crippen LogP contribution < -0.4 is 5.73 Å². The third-order valence-corrected chi connectivity index (χ3v) is 2.23. The molecule has 3 N–H and O–H groups in total. The van der Waals surface area contributed by atoms with Crippen molar-refractivity contribution in [1.82, 2.24) is 24.6 Å². The molecule has 17 heavy (non-hydrogen) atoms. The van der Waals surface area contributed by atoms with E-state index in [1.165, 1.54) is 10.6 Å². The molecule has 84 valence electrons. The zero-order chi connectivity index (χ0) is 11.8. The van der Waals surface area contributed by atoms with Crippen LogP contribution in [0.3, 0.4) is 0 Å². The van der Waals surface area contributed by atoms with Gasteiger partial charge in [0.05, 0.1) is 0 Å². The summed E-state index contributed by atoms with van der Waals surface area (Å²) in [6, 6.07) is 4.77. The summed E-state index contributed by atoms with van der Waals surface area (Å²) in [6.45, 7) is 0. The lowest BCUT2D eigenvalue weighted by atomic mass is 10.3. The van der Waals surface area contributed by atoms with E-state index >= 15 is 0 Å². The van der Waals surface area contributed by atoms with E-state index in [2.05, 4.69) is 20.1 Å². The van der Waals surface area contributed by atoms with E-state index in [1.54, 1.807) is 24.5 Å². The van der Waals surface area contributed by atoms with Crippen molar-refractivity contribution in [3.8, 4) is 17.3 Å². The maximum atomic E-state index is 9.65. The average Bonchev–Trinajstić information content (AvgIpc) is 2.72. The molecule has 0 amide bonds. The predicted octanol–water partition coefficient (Wildman–Crippen LogP) is 0.474. The van der Waals surface area contributed by atoms with Gasteiger partial charge in [0, 0.05) is 12.4 Å². The molecular weight excluding hydrogens is 220 g/mol. The average molecular weight is 228 g/mol. The Bertz CT molecular complexity index is 692. The van der Waals surface area contributed by atoms with Crippen LogP contribution in [0.2, 0.25) is 0 Å². The molecule has 0 aliphatic heterocycles. The highest BCUT2D eigenvalue weighted by atomic mass is 16.3. The van der Waals surface area contributed by atoms with Gasteiger partial charge < -0.3 is 10.8 Å². The van der Waals surface area contributed by atoms with Gasteiger partial charge in [-0.1, -0.05) is 0 Å². The zero-order valence-electron chi connectivity index (χ0n) is 8.65. The van der Waals surface area contributed by atoms with Gasteiger partial charge >= 0.3 is 0 Å². The summed E-state index contributed by atoms with van der Waals surface area (Å²) in [6.07, 6.45) is 3.21. The largest absolute Gasteiger partial charge is 0.506 e. The van der Waals surface area contributed by atoms with Gasteiger partial charge in [-0.2, -0.15) is 9.97 Å². The summed E-state index contributed by atoms with van der Waals surface area (Å²) in [5, 5.41) is 13.8. The van der Waals surface area contributed by atoms with E-state index in [4.69, 9.17) is 5.73 Å². The van der Waals surface area contributed by atoms with Crippen LogP contribution in [0.15, 0.2) is 30.6 Å². The second kappa shape index (κ2) is 3.41. The highest BCUT2D eigenvalue weighted by Crippen LogP contribution is 2.23. The van der Waals surface area contributed by atoms with Crippen molar-refractivity contribution in [3.63, 3.8) is 0 Å². The molecule has 0 aliphatic carbocycles. The maximum Gasteiger partial charge on any atom is 0.254 e. The number of hydrogen-bond acceptors (Lipinski definition) is 6. The number of nitrogens with zero attached hydrogens (tertiary/aromatic N) is 5. The predicted molar refractivity (Wildman–Crippen MR) is 60.1 cm³/mol. The van der Waals surface area contributed by atoms with Gasteiger partial charge in [0.25, 0.3) is 5.78 Å². The van der Waals surface area contributed by atoms with Gasteiger partial charge in [-0.25, -0.2) is 9.50 Å². The lowest BCUT2D eigenvalue weighted by Crippen LogP contribution is -1.94. The minimum atomic E-state index is 0.0244. The molecule has 0 fully saturated rings. The number of nitrogen functional groups attached to an aromatic ring is 1. The molecule has 0 atom stereocenters. The standard InChI is InChI=1S/C10H8N6O/c11-7-3-5-16-10(13-7)14-9(15-16)8-6(17)2-1-4-12-8/h1-5,17H,(H2,11,13,14,15). The Balaban J connectivity index is 2.22. The Kier molecular flexibility index (Phi) is 1.91. The van der Waals surface area contributed by atoms with Gasteiger partial charge in [-0.05, 0) is 18.2 Å². The van der Waals surface area contributed by atoms with Crippen LogP contribution in [0.5, 0.6) is 5.75 Å². The second-order valence-electron chi connectivity index (χ2n) is 3.40. The first kappa shape index (κ1) is 9.52. The number of pyridine rings is 1. The molecule has 3 heterocycles. The van der Waals surface area contributed by atoms with Crippen LogP contribution in [0.4, 0.5) is 5.82 Å². The Morgan fingerprint density at radius 2 is 2.12 bits per heavy atom. The minimum absolute atomic E-state index is 0.0244. The summed E-state index contributed by atoms with van der Waals surface area (Å²) >= 11 is 0. The summed E-state index contributed by atoms with van der Waals surface area (Å²) in [5.41, 5.74) is 5.86. The smallest absolute Gasteiger partial charge is 0.254 e. The number of aromatic nitrogens is 5. The van der Waals surface area contributed by atoms with E-state index < -0.39 is 0 Å². The summed E-state index contributed by atoms with van der Waals surface area (Å²) < 4.78 is 1.47. The van der Waals surface area contributed by atoms with Crippen LogP contribution >= 0.6 is 0 Å². The van der Waals surface area contributed by atoms with E-state index in [0.717, 1.165) is 0 Å². The van der Waals surface area contributed by atoms with Gasteiger partial charge in [0.2, 0.25) is 5.82 Å². The third kappa shape index (κ3) is 1.53. The maximum absolute atomic E-state index is 9.65. The fraction of sp³-hybridized carbons (Fsp3) is 0. The zero-order valence-corrected chi connectivity index (χ0v) is 8.65. The fourth-order valence-corrected chi connectivity index (χ4v) is 1.46. The molecule has 0 bridgehead atoms. The first-order valence-electron chi connectivity index (χ1n) is 4.87. The topological polar surface area (TPSA) is 102 Å². The van der Waals surface area contributed by atoms with Crippen LogP contribution in [-0.4, -0.2) is 29.7 Å². The van der Waals surface area contributed by atoms with Crippen LogP contribution in [0, 0.1) is 0 Å². The number of aromatic hydroxyl groups is 1. The molecule has 0 aromatic carbocycles. The summed E-state index contributed by atoms with van der Waals surface area (Å²) in [4.78, 5) is 12.2. The normalized spacial score (nSPS) is 10.8. The quantitative estimate of drug-likeness (QED) is 0.627. The van der Waals surface area contributed by atoms with Gasteiger partial charge in [0.15, 0.2) is 5.69 Å². The monoisotopic (exact) mass is 228 g/mol. The Morgan fingerprint density at radius 1 is 1.24 bits per heavy atom. The molecule has 3 aromatic heterocycles. The molecule has 0 radical (unpaired) electrons. The number of rotatable bonds is 1. The van der Waals surface area contributed by atoms with Crippen molar-refractivity contribution in [2.75, 3.05) is 5.73 Å². The molecular formula is C10H8N6O. The van der Waals surface area contributed by atoms with Crippen molar-refractivity contribution in [1.29, 1.82) is 0 Å². The molecule has 3 rings (SSSR count). The van der Waals surface area contributed by atoms with Gasteiger partial charge in [-0.3, -0.25) is 0 Å². The number of nitrogens with two attached hydrogens (primary N) is 1. The fourth-order valence-electron chi connectivity index (χ4n) is 1.46. The lowest BCUT2D eigenvalue weighted by Gasteiger charge is -1.95. The number of anilines is 1. The van der Waals surface area contributed by atoms with Crippen molar-refractivity contribution < 1.29 is 5.11 Å². The number of fused-ring (bicyclic) bond motifs is 1. The molecule has 0 saturated heterocycles. The van der Waals surface area contributed by atoms with Crippen molar-refractivity contribution in [2.24, 2.45) is 0 Å². The molecule has 3 aromatic rings. The second-order valence-corrected chi connectivity index (χ2v) is 3.40. The molecule has 7 nitrogen and oxygen atoms in total. The van der Waals surface area contributed by atoms with E-state index in [1.807, 2.05) is 0 Å². The molecule has 0 aliphatic rings. The molecule has 0 unspecified atom stereocenters. The minimum Gasteiger partial charge on any atom is -0.506 e.